The summed E-state index contributed by atoms with van der Waals surface area (Å²) in [5.74, 6) is 0.555. The number of benzene rings is 1. The molecule has 3 nitrogen and oxygen atoms in total. The molecule has 0 aliphatic carbocycles. The van der Waals surface area contributed by atoms with E-state index in [1.54, 1.807) is 0 Å². The molecular formula is C16H25F3IN3. The molecule has 0 aliphatic heterocycles. The van der Waals surface area contributed by atoms with Crippen molar-refractivity contribution in [2.75, 3.05) is 19.6 Å². The molecule has 0 amide bonds. The molecule has 0 radical (unpaired) electrons. The van der Waals surface area contributed by atoms with Gasteiger partial charge in [-0.15, -0.1) is 24.0 Å². The van der Waals surface area contributed by atoms with E-state index in [9.17, 15) is 13.2 Å². The summed E-state index contributed by atoms with van der Waals surface area (Å²) in [7, 11) is 0. The molecule has 1 aromatic carbocycles. The minimum Gasteiger partial charge on any atom is -0.370 e. The SMILES string of the molecule is CCN(CC)C(N)=NCCCCc1ccc(C(F)(F)F)cc1.I. The second-order valence-corrected chi connectivity index (χ2v) is 5.06. The van der Waals surface area contributed by atoms with Crippen LogP contribution in [0.1, 0.15) is 37.8 Å². The molecule has 23 heavy (non-hydrogen) atoms. The van der Waals surface area contributed by atoms with Gasteiger partial charge in [-0.05, 0) is 50.8 Å². The van der Waals surface area contributed by atoms with Crippen molar-refractivity contribution in [3.8, 4) is 0 Å². The van der Waals surface area contributed by atoms with Gasteiger partial charge >= 0.3 is 6.18 Å². The number of aryl methyl sites for hydroxylation is 1. The smallest absolute Gasteiger partial charge is 0.370 e. The third kappa shape index (κ3) is 7.90. The fourth-order valence-electron chi connectivity index (χ4n) is 2.14. The van der Waals surface area contributed by atoms with Gasteiger partial charge in [-0.2, -0.15) is 13.2 Å². The van der Waals surface area contributed by atoms with Gasteiger partial charge in [-0.1, -0.05) is 12.1 Å². The Kier molecular flexibility index (Phi) is 10.3. The average Bonchev–Trinajstić information content (AvgIpc) is 2.47. The van der Waals surface area contributed by atoms with Gasteiger partial charge in [-0.3, -0.25) is 4.99 Å². The zero-order valence-corrected chi connectivity index (χ0v) is 15.9. The van der Waals surface area contributed by atoms with Crippen molar-refractivity contribution in [2.24, 2.45) is 10.7 Å². The maximum Gasteiger partial charge on any atom is 0.416 e. The normalized spacial score (nSPS) is 12.0. The van der Waals surface area contributed by atoms with Crippen LogP contribution in [-0.2, 0) is 12.6 Å². The molecule has 132 valence electrons. The quantitative estimate of drug-likeness (QED) is 0.296. The summed E-state index contributed by atoms with van der Waals surface area (Å²) in [4.78, 5) is 6.30. The zero-order chi connectivity index (χ0) is 16.6. The van der Waals surface area contributed by atoms with Crippen LogP contribution in [0.5, 0.6) is 0 Å². The molecule has 0 atom stereocenters. The Morgan fingerprint density at radius 2 is 1.65 bits per heavy atom. The minimum atomic E-state index is -4.27. The molecule has 0 saturated carbocycles. The van der Waals surface area contributed by atoms with Crippen molar-refractivity contribution in [3.05, 3.63) is 35.4 Å². The van der Waals surface area contributed by atoms with Crippen LogP contribution in [0.3, 0.4) is 0 Å². The first-order valence-electron chi connectivity index (χ1n) is 7.59. The summed E-state index contributed by atoms with van der Waals surface area (Å²) >= 11 is 0. The second kappa shape index (κ2) is 10.7. The lowest BCUT2D eigenvalue weighted by Gasteiger charge is -2.19. The van der Waals surface area contributed by atoms with Gasteiger partial charge in [0, 0.05) is 19.6 Å². The molecule has 1 aromatic rings. The van der Waals surface area contributed by atoms with E-state index < -0.39 is 11.7 Å². The lowest BCUT2D eigenvalue weighted by Crippen LogP contribution is -2.37. The summed E-state index contributed by atoms with van der Waals surface area (Å²) in [5, 5.41) is 0. The Hall–Kier alpha value is -0.990. The number of hydrogen-bond donors (Lipinski definition) is 1. The molecule has 0 unspecified atom stereocenters. The topological polar surface area (TPSA) is 41.6 Å². The lowest BCUT2D eigenvalue weighted by atomic mass is 10.1. The Morgan fingerprint density at radius 3 is 2.13 bits per heavy atom. The van der Waals surface area contributed by atoms with E-state index in [-0.39, 0.29) is 24.0 Å². The molecule has 2 N–H and O–H groups in total. The van der Waals surface area contributed by atoms with Crippen molar-refractivity contribution in [2.45, 2.75) is 39.3 Å². The molecule has 0 saturated heterocycles. The van der Waals surface area contributed by atoms with Crippen LogP contribution in [0, 0.1) is 0 Å². The van der Waals surface area contributed by atoms with Crippen LogP contribution >= 0.6 is 24.0 Å². The van der Waals surface area contributed by atoms with E-state index in [4.69, 9.17) is 5.73 Å². The predicted octanol–water partition coefficient (Wildman–Crippen LogP) is 4.30. The Bertz CT molecular complexity index is 468. The fourth-order valence-corrected chi connectivity index (χ4v) is 2.14. The van der Waals surface area contributed by atoms with Crippen LogP contribution in [0.2, 0.25) is 0 Å². The van der Waals surface area contributed by atoms with Gasteiger partial charge < -0.3 is 10.6 Å². The minimum absolute atomic E-state index is 0. The Morgan fingerprint density at radius 1 is 1.09 bits per heavy atom. The van der Waals surface area contributed by atoms with Crippen LogP contribution < -0.4 is 5.73 Å². The standard InChI is InChI=1S/C16H24F3N3.HI/c1-3-22(4-2)15(20)21-12-6-5-7-13-8-10-14(11-9-13)16(17,18)19;/h8-11H,3-7,12H2,1-2H3,(H2,20,21);1H. The van der Waals surface area contributed by atoms with Gasteiger partial charge in [0.2, 0.25) is 0 Å². The van der Waals surface area contributed by atoms with Gasteiger partial charge in [0.25, 0.3) is 0 Å². The first kappa shape index (κ1) is 22.0. The summed E-state index contributed by atoms with van der Waals surface area (Å²) in [6, 6.07) is 5.34. The highest BCUT2D eigenvalue weighted by molar-refractivity contribution is 14.0. The van der Waals surface area contributed by atoms with Crippen LogP contribution in [0.4, 0.5) is 13.2 Å². The number of unbranched alkanes of at least 4 members (excludes halogenated alkanes) is 1. The van der Waals surface area contributed by atoms with E-state index >= 15 is 0 Å². The van der Waals surface area contributed by atoms with E-state index in [1.165, 1.54) is 12.1 Å². The number of hydrogen-bond acceptors (Lipinski definition) is 1. The fraction of sp³-hybridized carbons (Fsp3) is 0.562. The molecule has 7 heteroatoms. The van der Waals surface area contributed by atoms with Crippen molar-refractivity contribution >= 4 is 29.9 Å². The summed E-state index contributed by atoms with van der Waals surface area (Å²) in [5.41, 5.74) is 6.17. The van der Waals surface area contributed by atoms with Crippen molar-refractivity contribution < 1.29 is 13.2 Å². The number of nitrogens with zero attached hydrogens (tertiary/aromatic N) is 2. The van der Waals surface area contributed by atoms with E-state index in [0.29, 0.717) is 12.5 Å². The zero-order valence-electron chi connectivity index (χ0n) is 13.6. The average molecular weight is 443 g/mol. The number of guanidine groups is 1. The lowest BCUT2D eigenvalue weighted by molar-refractivity contribution is -0.137. The molecule has 1 rings (SSSR count). The number of aliphatic imine (C=N–C) groups is 1. The largest absolute Gasteiger partial charge is 0.416 e. The summed E-state index contributed by atoms with van der Waals surface area (Å²) < 4.78 is 37.3. The Labute approximate surface area is 153 Å². The van der Waals surface area contributed by atoms with Crippen LogP contribution in [0.15, 0.2) is 29.3 Å². The molecule has 0 fully saturated rings. The van der Waals surface area contributed by atoms with E-state index in [1.807, 2.05) is 18.7 Å². The third-order valence-electron chi connectivity index (χ3n) is 3.52. The maximum atomic E-state index is 12.4. The van der Waals surface area contributed by atoms with Crippen molar-refractivity contribution in [1.29, 1.82) is 0 Å². The Balaban J connectivity index is 0.00000484. The molecular weight excluding hydrogens is 418 g/mol. The number of alkyl halides is 3. The summed E-state index contributed by atoms with van der Waals surface area (Å²) in [6.07, 6.45) is -1.78. The molecule has 0 aromatic heterocycles. The highest BCUT2D eigenvalue weighted by Gasteiger charge is 2.29. The number of halogens is 4. The van der Waals surface area contributed by atoms with Gasteiger partial charge in [0.15, 0.2) is 5.96 Å². The number of nitrogens with two attached hydrogens (primary N) is 1. The third-order valence-corrected chi connectivity index (χ3v) is 3.52. The molecule has 0 bridgehead atoms. The molecule has 0 heterocycles. The van der Waals surface area contributed by atoms with E-state index in [2.05, 4.69) is 4.99 Å². The molecule has 0 aliphatic rings. The first-order chi connectivity index (χ1) is 10.4. The first-order valence-corrected chi connectivity index (χ1v) is 7.59. The van der Waals surface area contributed by atoms with Crippen molar-refractivity contribution in [1.82, 2.24) is 4.90 Å². The van der Waals surface area contributed by atoms with Crippen molar-refractivity contribution in [3.63, 3.8) is 0 Å². The van der Waals surface area contributed by atoms with Gasteiger partial charge in [0.1, 0.15) is 0 Å². The number of rotatable bonds is 7. The molecule has 0 spiro atoms. The second-order valence-electron chi connectivity index (χ2n) is 5.06. The van der Waals surface area contributed by atoms with E-state index in [0.717, 1.165) is 50.0 Å². The maximum absolute atomic E-state index is 12.4. The highest BCUT2D eigenvalue weighted by atomic mass is 127. The van der Waals surface area contributed by atoms with Crippen LogP contribution in [-0.4, -0.2) is 30.5 Å². The monoisotopic (exact) mass is 443 g/mol. The predicted molar refractivity (Wildman–Crippen MR) is 99.2 cm³/mol. The van der Waals surface area contributed by atoms with Gasteiger partial charge in [0.05, 0.1) is 5.56 Å². The van der Waals surface area contributed by atoms with Crippen LogP contribution in [0.25, 0.3) is 0 Å². The van der Waals surface area contributed by atoms with Gasteiger partial charge in [-0.25, -0.2) is 0 Å². The highest BCUT2D eigenvalue weighted by Crippen LogP contribution is 2.29. The summed E-state index contributed by atoms with van der Waals surface area (Å²) in [6.45, 7) is 6.35.